The number of halogens is 1. The molecular formula is C15H23ClN2. The van der Waals surface area contributed by atoms with Crippen LogP contribution in [0.5, 0.6) is 0 Å². The summed E-state index contributed by atoms with van der Waals surface area (Å²) in [6.45, 7) is 4.43. The number of benzene rings is 1. The van der Waals surface area contributed by atoms with Crippen molar-refractivity contribution in [2.45, 2.75) is 45.1 Å². The summed E-state index contributed by atoms with van der Waals surface area (Å²) in [4.78, 5) is 2.44. The third-order valence-corrected chi connectivity index (χ3v) is 4.03. The Morgan fingerprint density at radius 3 is 2.67 bits per heavy atom. The molecule has 1 fully saturated rings. The lowest BCUT2D eigenvalue weighted by Crippen LogP contribution is -2.31. The summed E-state index contributed by atoms with van der Waals surface area (Å²) in [5.74, 6) is 0. The number of piperidine rings is 1. The van der Waals surface area contributed by atoms with Crippen LogP contribution in [0.1, 0.15) is 50.6 Å². The predicted molar refractivity (Wildman–Crippen MR) is 79.4 cm³/mol. The first-order valence-electron chi connectivity index (χ1n) is 7.03. The first kappa shape index (κ1) is 13.7. The van der Waals surface area contributed by atoms with Gasteiger partial charge in [-0.2, -0.15) is 0 Å². The van der Waals surface area contributed by atoms with E-state index < -0.39 is 0 Å². The molecule has 0 aliphatic carbocycles. The topological polar surface area (TPSA) is 29.3 Å². The Kier molecular flexibility index (Phi) is 4.90. The van der Waals surface area contributed by atoms with Crippen LogP contribution in [0.4, 0.5) is 5.69 Å². The number of hydrogen-bond acceptors (Lipinski definition) is 2. The van der Waals surface area contributed by atoms with Crippen molar-refractivity contribution in [1.82, 2.24) is 0 Å². The average molecular weight is 267 g/mol. The SMILES string of the molecule is CCCC(N)c1c(Cl)cccc1N1CCCCC1. The van der Waals surface area contributed by atoms with E-state index in [1.165, 1.54) is 24.9 Å². The number of anilines is 1. The molecule has 1 aliphatic rings. The molecule has 100 valence electrons. The summed E-state index contributed by atoms with van der Waals surface area (Å²) < 4.78 is 0. The van der Waals surface area contributed by atoms with Crippen LogP contribution in [0.15, 0.2) is 18.2 Å². The first-order valence-corrected chi connectivity index (χ1v) is 7.40. The van der Waals surface area contributed by atoms with E-state index >= 15 is 0 Å². The maximum atomic E-state index is 6.37. The highest BCUT2D eigenvalue weighted by Gasteiger charge is 2.19. The van der Waals surface area contributed by atoms with Gasteiger partial charge < -0.3 is 10.6 Å². The Bertz CT molecular complexity index is 386. The van der Waals surface area contributed by atoms with Gasteiger partial charge in [-0.15, -0.1) is 0 Å². The van der Waals surface area contributed by atoms with Crippen molar-refractivity contribution in [2.75, 3.05) is 18.0 Å². The largest absolute Gasteiger partial charge is 0.371 e. The lowest BCUT2D eigenvalue weighted by Gasteiger charge is -2.32. The van der Waals surface area contributed by atoms with E-state index in [1.807, 2.05) is 12.1 Å². The van der Waals surface area contributed by atoms with Gasteiger partial charge >= 0.3 is 0 Å². The summed E-state index contributed by atoms with van der Waals surface area (Å²) in [5, 5.41) is 0.819. The fourth-order valence-corrected chi connectivity index (χ4v) is 3.07. The van der Waals surface area contributed by atoms with Gasteiger partial charge in [-0.05, 0) is 37.8 Å². The molecule has 0 aromatic heterocycles. The van der Waals surface area contributed by atoms with E-state index in [-0.39, 0.29) is 6.04 Å². The van der Waals surface area contributed by atoms with E-state index in [9.17, 15) is 0 Å². The zero-order chi connectivity index (χ0) is 13.0. The van der Waals surface area contributed by atoms with Crippen molar-refractivity contribution in [3.05, 3.63) is 28.8 Å². The number of rotatable bonds is 4. The highest BCUT2D eigenvalue weighted by atomic mass is 35.5. The van der Waals surface area contributed by atoms with Crippen LogP contribution in [0, 0.1) is 0 Å². The number of nitrogens with two attached hydrogens (primary N) is 1. The minimum atomic E-state index is 0.0561. The molecule has 1 heterocycles. The Balaban J connectivity index is 2.30. The molecule has 0 bridgehead atoms. The maximum Gasteiger partial charge on any atom is 0.0474 e. The smallest absolute Gasteiger partial charge is 0.0474 e. The van der Waals surface area contributed by atoms with Gasteiger partial charge in [-0.1, -0.05) is 31.0 Å². The van der Waals surface area contributed by atoms with Gasteiger partial charge in [0.15, 0.2) is 0 Å². The summed E-state index contributed by atoms with van der Waals surface area (Å²) in [7, 11) is 0. The molecule has 1 atom stereocenters. The van der Waals surface area contributed by atoms with E-state index in [4.69, 9.17) is 17.3 Å². The second-order valence-electron chi connectivity index (χ2n) is 5.12. The third kappa shape index (κ3) is 2.99. The minimum absolute atomic E-state index is 0.0561. The standard InChI is InChI=1S/C15H23ClN2/c1-2-7-13(17)15-12(16)8-6-9-14(15)18-10-4-3-5-11-18/h6,8-9,13H,2-5,7,10-11,17H2,1H3. The van der Waals surface area contributed by atoms with Gasteiger partial charge in [0.25, 0.3) is 0 Å². The highest BCUT2D eigenvalue weighted by molar-refractivity contribution is 6.31. The Labute approximate surface area is 115 Å². The van der Waals surface area contributed by atoms with Gasteiger partial charge in [-0.25, -0.2) is 0 Å². The molecule has 1 aliphatic heterocycles. The molecule has 1 aromatic rings. The Morgan fingerprint density at radius 2 is 2.00 bits per heavy atom. The van der Waals surface area contributed by atoms with Crippen molar-refractivity contribution in [2.24, 2.45) is 5.73 Å². The lowest BCUT2D eigenvalue weighted by molar-refractivity contribution is 0.570. The Hall–Kier alpha value is -0.730. The van der Waals surface area contributed by atoms with Crippen molar-refractivity contribution < 1.29 is 0 Å². The van der Waals surface area contributed by atoms with Crippen molar-refractivity contribution in [3.63, 3.8) is 0 Å². The van der Waals surface area contributed by atoms with E-state index in [2.05, 4.69) is 17.9 Å². The number of hydrogen-bond donors (Lipinski definition) is 1. The van der Waals surface area contributed by atoms with Crippen LogP contribution in [-0.2, 0) is 0 Å². The molecule has 0 spiro atoms. The molecule has 1 aromatic carbocycles. The van der Waals surface area contributed by atoms with E-state index in [1.54, 1.807) is 0 Å². The fourth-order valence-electron chi connectivity index (χ4n) is 2.76. The molecule has 1 saturated heterocycles. The van der Waals surface area contributed by atoms with Gasteiger partial charge in [0.1, 0.15) is 0 Å². The molecule has 0 saturated carbocycles. The maximum absolute atomic E-state index is 6.37. The van der Waals surface area contributed by atoms with Crippen LogP contribution in [0.2, 0.25) is 5.02 Å². The van der Waals surface area contributed by atoms with Gasteiger partial charge in [-0.3, -0.25) is 0 Å². The molecular weight excluding hydrogens is 244 g/mol. The van der Waals surface area contributed by atoms with Gasteiger partial charge in [0.05, 0.1) is 0 Å². The monoisotopic (exact) mass is 266 g/mol. The predicted octanol–water partition coefficient (Wildman–Crippen LogP) is 4.13. The quantitative estimate of drug-likeness (QED) is 0.888. The van der Waals surface area contributed by atoms with Crippen molar-refractivity contribution >= 4 is 17.3 Å². The van der Waals surface area contributed by atoms with Crippen LogP contribution >= 0.6 is 11.6 Å². The molecule has 2 N–H and O–H groups in total. The highest BCUT2D eigenvalue weighted by Crippen LogP contribution is 2.34. The number of nitrogens with zero attached hydrogens (tertiary/aromatic N) is 1. The van der Waals surface area contributed by atoms with Crippen LogP contribution in [-0.4, -0.2) is 13.1 Å². The zero-order valence-corrected chi connectivity index (χ0v) is 11.9. The van der Waals surface area contributed by atoms with Crippen molar-refractivity contribution in [1.29, 1.82) is 0 Å². The summed E-state index contributed by atoms with van der Waals surface area (Å²) in [6.07, 6.45) is 5.97. The fraction of sp³-hybridized carbons (Fsp3) is 0.600. The second kappa shape index (κ2) is 6.44. The normalized spacial score (nSPS) is 17.8. The summed E-state index contributed by atoms with van der Waals surface area (Å²) in [6, 6.07) is 6.22. The van der Waals surface area contributed by atoms with Crippen LogP contribution in [0.3, 0.4) is 0 Å². The molecule has 2 rings (SSSR count). The molecule has 1 unspecified atom stereocenters. The molecule has 0 amide bonds. The van der Waals surface area contributed by atoms with Gasteiger partial charge in [0.2, 0.25) is 0 Å². The second-order valence-corrected chi connectivity index (χ2v) is 5.52. The Morgan fingerprint density at radius 1 is 1.28 bits per heavy atom. The molecule has 18 heavy (non-hydrogen) atoms. The molecule has 3 heteroatoms. The third-order valence-electron chi connectivity index (χ3n) is 3.70. The minimum Gasteiger partial charge on any atom is -0.371 e. The van der Waals surface area contributed by atoms with Crippen LogP contribution in [0.25, 0.3) is 0 Å². The molecule has 2 nitrogen and oxygen atoms in total. The summed E-state index contributed by atoms with van der Waals surface area (Å²) >= 11 is 6.37. The first-order chi connectivity index (χ1) is 8.74. The van der Waals surface area contributed by atoms with E-state index in [0.29, 0.717) is 0 Å². The zero-order valence-electron chi connectivity index (χ0n) is 11.2. The average Bonchev–Trinajstić information content (AvgIpc) is 2.39. The van der Waals surface area contributed by atoms with E-state index in [0.717, 1.165) is 36.5 Å². The van der Waals surface area contributed by atoms with Gasteiger partial charge in [0, 0.05) is 35.4 Å². The summed E-state index contributed by atoms with van der Waals surface area (Å²) in [5.41, 5.74) is 8.70. The van der Waals surface area contributed by atoms with Crippen LogP contribution < -0.4 is 10.6 Å². The van der Waals surface area contributed by atoms with Crippen molar-refractivity contribution in [3.8, 4) is 0 Å². The molecule has 0 radical (unpaired) electrons. The lowest BCUT2D eigenvalue weighted by atomic mass is 9.99.